The van der Waals surface area contributed by atoms with Gasteiger partial charge < -0.3 is 5.11 Å². The molecule has 0 saturated carbocycles. The highest BCUT2D eigenvalue weighted by molar-refractivity contribution is 6.35. The van der Waals surface area contributed by atoms with E-state index in [0.29, 0.717) is 15.6 Å². The van der Waals surface area contributed by atoms with Gasteiger partial charge in [-0.3, -0.25) is 9.69 Å². The van der Waals surface area contributed by atoms with Crippen LogP contribution in [0.15, 0.2) is 18.2 Å². The number of carbonyl (C=O) groups is 1. The number of carboxylic acid groups (broad SMARTS) is 1. The lowest BCUT2D eigenvalue weighted by Crippen LogP contribution is -2.31. The zero-order valence-corrected chi connectivity index (χ0v) is 10.7. The number of hydrogen-bond donors (Lipinski definition) is 1. The second-order valence-corrected chi connectivity index (χ2v) is 4.99. The van der Waals surface area contributed by atoms with Crippen molar-refractivity contribution in [1.29, 1.82) is 0 Å². The molecule has 1 fully saturated rings. The van der Waals surface area contributed by atoms with E-state index >= 15 is 0 Å². The highest BCUT2D eigenvalue weighted by Crippen LogP contribution is 2.32. The molecular weight excluding hydrogens is 261 g/mol. The first-order valence-electron chi connectivity index (χ1n) is 5.51. The minimum Gasteiger partial charge on any atom is -0.480 e. The number of aliphatic carboxylic acids is 1. The summed E-state index contributed by atoms with van der Waals surface area (Å²) in [5.41, 5.74) is 0.616. The van der Waals surface area contributed by atoms with Crippen LogP contribution >= 0.6 is 23.2 Å². The highest BCUT2D eigenvalue weighted by atomic mass is 35.5. The Hall–Kier alpha value is -0.770. The molecule has 1 heterocycles. The van der Waals surface area contributed by atoms with Gasteiger partial charge in [-0.25, -0.2) is 0 Å². The second-order valence-electron chi connectivity index (χ2n) is 4.15. The third-order valence-corrected chi connectivity index (χ3v) is 3.56. The van der Waals surface area contributed by atoms with Gasteiger partial charge in [0.1, 0.15) is 6.04 Å². The van der Waals surface area contributed by atoms with Gasteiger partial charge in [0.05, 0.1) is 0 Å². The van der Waals surface area contributed by atoms with Gasteiger partial charge >= 0.3 is 5.97 Å². The molecule has 1 aliphatic heterocycles. The molecule has 1 aromatic carbocycles. The summed E-state index contributed by atoms with van der Waals surface area (Å²) in [5, 5.41) is 10.3. The molecule has 1 N–H and O–H groups in total. The van der Waals surface area contributed by atoms with Crippen molar-refractivity contribution in [1.82, 2.24) is 4.90 Å². The lowest BCUT2D eigenvalue weighted by molar-refractivity contribution is -0.143. The predicted octanol–water partition coefficient (Wildman–Crippen LogP) is 3.21. The first-order chi connectivity index (χ1) is 8.09. The molecule has 1 atom stereocenters. The van der Waals surface area contributed by atoms with Crippen molar-refractivity contribution in [3.8, 4) is 0 Å². The molecule has 0 aromatic heterocycles. The fourth-order valence-corrected chi connectivity index (χ4v) is 2.72. The van der Waals surface area contributed by atoms with Crippen molar-refractivity contribution in [3.63, 3.8) is 0 Å². The summed E-state index contributed by atoms with van der Waals surface area (Å²) in [6, 6.07) is 4.29. The fourth-order valence-electron chi connectivity index (χ4n) is 2.21. The standard InChI is InChI=1S/C12H13Cl2NO2/c13-8-3-4-9(10(14)7-8)11(12(16)17)15-5-1-2-6-15/h3-4,7,11H,1-2,5-6H2,(H,16,17). The van der Waals surface area contributed by atoms with Crippen LogP contribution in [0.4, 0.5) is 0 Å². The molecule has 0 radical (unpaired) electrons. The second kappa shape index (κ2) is 5.25. The summed E-state index contributed by atoms with van der Waals surface area (Å²) < 4.78 is 0. The van der Waals surface area contributed by atoms with Crippen molar-refractivity contribution < 1.29 is 9.90 Å². The number of hydrogen-bond acceptors (Lipinski definition) is 2. The minimum absolute atomic E-state index is 0.414. The Labute approximate surface area is 110 Å². The molecule has 0 aliphatic carbocycles. The van der Waals surface area contributed by atoms with E-state index in [1.807, 2.05) is 4.90 Å². The number of benzene rings is 1. The van der Waals surface area contributed by atoms with Gasteiger partial charge in [-0.1, -0.05) is 29.3 Å². The summed E-state index contributed by atoms with van der Waals surface area (Å²) in [6.07, 6.45) is 2.07. The van der Waals surface area contributed by atoms with Gasteiger partial charge in [0, 0.05) is 10.0 Å². The molecule has 1 aliphatic rings. The Morgan fingerprint density at radius 3 is 2.47 bits per heavy atom. The maximum atomic E-state index is 11.4. The average Bonchev–Trinajstić information content (AvgIpc) is 2.74. The maximum Gasteiger partial charge on any atom is 0.325 e. The van der Waals surface area contributed by atoms with Crippen LogP contribution in [0.3, 0.4) is 0 Å². The smallest absolute Gasteiger partial charge is 0.325 e. The van der Waals surface area contributed by atoms with Crippen LogP contribution in [0, 0.1) is 0 Å². The van der Waals surface area contributed by atoms with E-state index < -0.39 is 12.0 Å². The lowest BCUT2D eigenvalue weighted by Gasteiger charge is -2.24. The van der Waals surface area contributed by atoms with E-state index in [4.69, 9.17) is 23.2 Å². The molecule has 0 bridgehead atoms. The highest BCUT2D eigenvalue weighted by Gasteiger charge is 2.30. The molecule has 0 amide bonds. The van der Waals surface area contributed by atoms with Crippen molar-refractivity contribution in [2.75, 3.05) is 13.1 Å². The summed E-state index contributed by atoms with van der Waals surface area (Å²) in [6.45, 7) is 1.60. The summed E-state index contributed by atoms with van der Waals surface area (Å²) in [5.74, 6) is -0.865. The predicted molar refractivity (Wildman–Crippen MR) is 67.6 cm³/mol. The van der Waals surface area contributed by atoms with Crippen LogP contribution in [-0.4, -0.2) is 29.1 Å². The molecular formula is C12H13Cl2NO2. The van der Waals surface area contributed by atoms with Crippen LogP contribution < -0.4 is 0 Å². The van der Waals surface area contributed by atoms with Crippen LogP contribution in [0.25, 0.3) is 0 Å². The Bertz CT molecular complexity index is 431. The van der Waals surface area contributed by atoms with Crippen LogP contribution in [0.2, 0.25) is 10.0 Å². The van der Waals surface area contributed by atoms with Crippen LogP contribution in [-0.2, 0) is 4.79 Å². The van der Waals surface area contributed by atoms with Crippen LogP contribution in [0.5, 0.6) is 0 Å². The lowest BCUT2D eigenvalue weighted by atomic mass is 10.1. The molecule has 1 unspecified atom stereocenters. The van der Waals surface area contributed by atoms with Crippen molar-refractivity contribution in [2.45, 2.75) is 18.9 Å². The first-order valence-corrected chi connectivity index (χ1v) is 6.27. The first kappa shape index (κ1) is 12.7. The number of halogens is 2. The monoisotopic (exact) mass is 273 g/mol. The summed E-state index contributed by atoms with van der Waals surface area (Å²) in [4.78, 5) is 13.3. The van der Waals surface area contributed by atoms with Crippen molar-refractivity contribution in [2.24, 2.45) is 0 Å². The number of likely N-dealkylation sites (tertiary alicyclic amines) is 1. The van der Waals surface area contributed by atoms with Gasteiger partial charge in [0.25, 0.3) is 0 Å². The quantitative estimate of drug-likeness (QED) is 0.920. The number of rotatable bonds is 3. The number of nitrogens with zero attached hydrogens (tertiary/aromatic N) is 1. The van der Waals surface area contributed by atoms with Gasteiger partial charge in [-0.05, 0) is 43.6 Å². The Morgan fingerprint density at radius 2 is 1.94 bits per heavy atom. The molecule has 3 nitrogen and oxygen atoms in total. The average molecular weight is 274 g/mol. The SMILES string of the molecule is O=C(O)C(c1ccc(Cl)cc1Cl)N1CCCC1. The molecule has 5 heteroatoms. The van der Waals surface area contributed by atoms with Crippen LogP contribution in [0.1, 0.15) is 24.4 Å². The molecule has 92 valence electrons. The molecule has 2 rings (SSSR count). The van der Waals surface area contributed by atoms with Gasteiger partial charge in [-0.2, -0.15) is 0 Å². The third kappa shape index (κ3) is 2.73. The van der Waals surface area contributed by atoms with Crippen molar-refractivity contribution in [3.05, 3.63) is 33.8 Å². The minimum atomic E-state index is -0.865. The van der Waals surface area contributed by atoms with E-state index in [2.05, 4.69) is 0 Å². The Balaban J connectivity index is 2.35. The van der Waals surface area contributed by atoms with E-state index in [-0.39, 0.29) is 0 Å². The van der Waals surface area contributed by atoms with E-state index in [1.165, 1.54) is 0 Å². The van der Waals surface area contributed by atoms with E-state index in [0.717, 1.165) is 25.9 Å². The maximum absolute atomic E-state index is 11.4. The molecule has 17 heavy (non-hydrogen) atoms. The zero-order chi connectivity index (χ0) is 12.4. The molecule has 0 spiro atoms. The Morgan fingerprint density at radius 1 is 1.29 bits per heavy atom. The van der Waals surface area contributed by atoms with Gasteiger partial charge in [0.15, 0.2) is 0 Å². The van der Waals surface area contributed by atoms with Gasteiger partial charge in [0.2, 0.25) is 0 Å². The van der Waals surface area contributed by atoms with Gasteiger partial charge in [-0.15, -0.1) is 0 Å². The van der Waals surface area contributed by atoms with E-state index in [9.17, 15) is 9.90 Å². The zero-order valence-electron chi connectivity index (χ0n) is 9.20. The third-order valence-electron chi connectivity index (χ3n) is 3.00. The fraction of sp³-hybridized carbons (Fsp3) is 0.417. The number of carboxylic acids is 1. The largest absolute Gasteiger partial charge is 0.480 e. The Kier molecular flexibility index (Phi) is 3.92. The van der Waals surface area contributed by atoms with E-state index in [1.54, 1.807) is 18.2 Å². The molecule has 1 aromatic rings. The summed E-state index contributed by atoms with van der Waals surface area (Å²) >= 11 is 11.9. The van der Waals surface area contributed by atoms with Crippen molar-refractivity contribution >= 4 is 29.2 Å². The summed E-state index contributed by atoms with van der Waals surface area (Å²) in [7, 11) is 0. The normalized spacial score (nSPS) is 18.2. The molecule has 1 saturated heterocycles. The topological polar surface area (TPSA) is 40.5 Å².